The van der Waals surface area contributed by atoms with Crippen LogP contribution in [0.15, 0.2) is 30.3 Å². The smallest absolute Gasteiger partial charge is 0.158 e. The lowest BCUT2D eigenvalue weighted by Crippen LogP contribution is -2.12. The van der Waals surface area contributed by atoms with Gasteiger partial charge in [-0.15, -0.1) is 0 Å². The van der Waals surface area contributed by atoms with Crippen LogP contribution in [0.1, 0.15) is 19.4 Å². The van der Waals surface area contributed by atoms with Crippen LogP contribution >= 0.6 is 0 Å². The highest BCUT2D eigenvalue weighted by atomic mass is 16.3. The van der Waals surface area contributed by atoms with Gasteiger partial charge in [-0.2, -0.15) is 0 Å². The molecule has 0 aliphatic rings. The first-order valence-electron chi connectivity index (χ1n) is 3.86. The van der Waals surface area contributed by atoms with E-state index < -0.39 is 5.60 Å². The molecule has 0 unspecified atom stereocenters. The fraction of sp³-hybridized carbons (Fsp3) is 0.273. The van der Waals surface area contributed by atoms with Crippen molar-refractivity contribution in [2.24, 2.45) is 0 Å². The van der Waals surface area contributed by atoms with Crippen molar-refractivity contribution in [3.8, 4) is 11.8 Å². The molecule has 12 heavy (non-hydrogen) atoms. The van der Waals surface area contributed by atoms with Gasteiger partial charge in [0.15, 0.2) is 5.60 Å². The molecule has 0 heterocycles. The molecule has 0 bridgehead atoms. The van der Waals surface area contributed by atoms with E-state index >= 15 is 0 Å². The first-order valence-corrected chi connectivity index (χ1v) is 3.86. The molecule has 1 aromatic carbocycles. The highest BCUT2D eigenvalue weighted by Crippen LogP contribution is 2.00. The van der Waals surface area contributed by atoms with E-state index in [-0.39, 0.29) is 0 Å². The molecule has 1 heteroatoms. The van der Waals surface area contributed by atoms with E-state index in [1.54, 1.807) is 13.8 Å². The van der Waals surface area contributed by atoms with Gasteiger partial charge in [-0.3, -0.25) is 0 Å². The standard InChI is InChI=1S/C11H11O/c1-11(2,12)9-8-10-6-4-3-5-7-10/h3-7H,1-2H3. The number of hydrogen-bond acceptors (Lipinski definition) is 0. The Labute approximate surface area is 73.0 Å². The maximum absolute atomic E-state index is 11.1. The summed E-state index contributed by atoms with van der Waals surface area (Å²) < 4.78 is 0. The Bertz CT molecular complexity index is 295. The zero-order valence-electron chi connectivity index (χ0n) is 7.29. The van der Waals surface area contributed by atoms with Crippen LogP contribution in [-0.4, -0.2) is 5.60 Å². The maximum Gasteiger partial charge on any atom is 0.158 e. The zero-order chi connectivity index (χ0) is 9.03. The average Bonchev–Trinajstić information content (AvgIpc) is 2.02. The molecule has 1 nitrogen and oxygen atoms in total. The van der Waals surface area contributed by atoms with Crippen molar-refractivity contribution in [3.05, 3.63) is 35.9 Å². The van der Waals surface area contributed by atoms with Crippen LogP contribution < -0.4 is 0 Å². The second-order valence-corrected chi connectivity index (χ2v) is 3.13. The molecule has 1 radical (unpaired) electrons. The molecule has 0 saturated carbocycles. The molecule has 0 saturated heterocycles. The van der Waals surface area contributed by atoms with E-state index in [1.165, 1.54) is 0 Å². The van der Waals surface area contributed by atoms with Gasteiger partial charge in [-0.1, -0.05) is 30.0 Å². The second kappa shape index (κ2) is 3.42. The van der Waals surface area contributed by atoms with E-state index in [4.69, 9.17) is 0 Å². The molecule has 0 aliphatic heterocycles. The summed E-state index contributed by atoms with van der Waals surface area (Å²) in [5.41, 5.74) is -0.267. The highest BCUT2D eigenvalue weighted by molar-refractivity contribution is 5.35. The molecule has 61 valence electrons. The number of rotatable bonds is 0. The first kappa shape index (κ1) is 8.83. The molecule has 0 aliphatic carbocycles. The van der Waals surface area contributed by atoms with Crippen molar-refractivity contribution in [2.75, 3.05) is 0 Å². The Hall–Kier alpha value is -1.26. The van der Waals surface area contributed by atoms with Gasteiger partial charge in [-0.05, 0) is 26.0 Å². The lowest BCUT2D eigenvalue weighted by atomic mass is 10.1. The lowest BCUT2D eigenvalue weighted by molar-refractivity contribution is 0.0581. The van der Waals surface area contributed by atoms with Crippen LogP contribution in [0.3, 0.4) is 0 Å². The monoisotopic (exact) mass is 159 g/mol. The Kier molecular flexibility index (Phi) is 2.52. The molecule has 0 aromatic heterocycles. The van der Waals surface area contributed by atoms with Crippen molar-refractivity contribution in [1.82, 2.24) is 0 Å². The van der Waals surface area contributed by atoms with E-state index in [2.05, 4.69) is 11.8 Å². The van der Waals surface area contributed by atoms with Crippen molar-refractivity contribution in [1.29, 1.82) is 0 Å². The number of benzene rings is 1. The zero-order valence-corrected chi connectivity index (χ0v) is 7.29. The normalized spacial score (nSPS) is 10.2. The highest BCUT2D eigenvalue weighted by Gasteiger charge is 2.08. The minimum atomic E-state index is -1.16. The third kappa shape index (κ3) is 3.23. The molecular formula is C11H11O. The molecule has 1 aromatic rings. The summed E-state index contributed by atoms with van der Waals surface area (Å²) in [5.74, 6) is 5.45. The topological polar surface area (TPSA) is 19.9 Å². The van der Waals surface area contributed by atoms with Crippen LogP contribution in [0.5, 0.6) is 0 Å². The van der Waals surface area contributed by atoms with Gasteiger partial charge in [-0.25, -0.2) is 5.11 Å². The molecule has 0 fully saturated rings. The van der Waals surface area contributed by atoms with Crippen LogP contribution in [0.25, 0.3) is 0 Å². The van der Waals surface area contributed by atoms with Gasteiger partial charge in [0, 0.05) is 5.56 Å². The Balaban J connectivity index is 2.81. The summed E-state index contributed by atoms with van der Waals surface area (Å²) in [7, 11) is 0. The van der Waals surface area contributed by atoms with Crippen LogP contribution in [0.2, 0.25) is 0 Å². The summed E-state index contributed by atoms with van der Waals surface area (Å²) in [6.45, 7) is 3.12. The summed E-state index contributed by atoms with van der Waals surface area (Å²) in [6, 6.07) is 9.51. The van der Waals surface area contributed by atoms with E-state index in [0.717, 1.165) is 5.56 Å². The fourth-order valence-electron chi connectivity index (χ4n) is 0.744. The minimum absolute atomic E-state index is 0.890. The van der Waals surface area contributed by atoms with Gasteiger partial charge < -0.3 is 0 Å². The Morgan fingerprint density at radius 1 is 1.17 bits per heavy atom. The Morgan fingerprint density at radius 3 is 2.25 bits per heavy atom. The average molecular weight is 159 g/mol. The summed E-state index contributed by atoms with van der Waals surface area (Å²) in [5, 5.41) is 11.1. The van der Waals surface area contributed by atoms with Crippen molar-refractivity contribution >= 4 is 0 Å². The van der Waals surface area contributed by atoms with Gasteiger partial charge >= 0.3 is 0 Å². The van der Waals surface area contributed by atoms with Gasteiger partial charge in [0.25, 0.3) is 0 Å². The summed E-state index contributed by atoms with van der Waals surface area (Å²) in [4.78, 5) is 0. The van der Waals surface area contributed by atoms with E-state index in [0.29, 0.717) is 0 Å². The summed E-state index contributed by atoms with van der Waals surface area (Å²) in [6.07, 6.45) is 0. The third-order valence-corrected chi connectivity index (χ3v) is 1.28. The van der Waals surface area contributed by atoms with Crippen molar-refractivity contribution < 1.29 is 5.11 Å². The molecule has 0 amide bonds. The SMILES string of the molecule is CC(C)([O])C#Cc1ccccc1. The van der Waals surface area contributed by atoms with Gasteiger partial charge in [0.1, 0.15) is 0 Å². The molecule has 0 N–H and O–H groups in total. The van der Waals surface area contributed by atoms with Gasteiger partial charge in [0.2, 0.25) is 0 Å². The molecular weight excluding hydrogens is 148 g/mol. The molecule has 0 atom stereocenters. The van der Waals surface area contributed by atoms with Crippen LogP contribution in [0.4, 0.5) is 0 Å². The molecule has 0 spiro atoms. The maximum atomic E-state index is 11.1. The lowest BCUT2D eigenvalue weighted by Gasteiger charge is -2.01. The number of hydrogen-bond donors (Lipinski definition) is 0. The largest absolute Gasteiger partial charge is 0.216 e. The quantitative estimate of drug-likeness (QED) is 0.517. The minimum Gasteiger partial charge on any atom is -0.216 e. The van der Waals surface area contributed by atoms with Crippen molar-refractivity contribution in [3.63, 3.8) is 0 Å². The fourth-order valence-corrected chi connectivity index (χ4v) is 0.744. The van der Waals surface area contributed by atoms with Crippen molar-refractivity contribution in [2.45, 2.75) is 19.4 Å². The third-order valence-electron chi connectivity index (χ3n) is 1.28. The molecule has 1 rings (SSSR count). The summed E-state index contributed by atoms with van der Waals surface area (Å²) >= 11 is 0. The first-order chi connectivity index (χ1) is 5.58. The van der Waals surface area contributed by atoms with E-state index in [1.807, 2.05) is 30.3 Å². The predicted molar refractivity (Wildman–Crippen MR) is 48.1 cm³/mol. The predicted octanol–water partition coefficient (Wildman–Crippen LogP) is 2.25. The van der Waals surface area contributed by atoms with Crippen LogP contribution in [-0.2, 0) is 5.11 Å². The van der Waals surface area contributed by atoms with Crippen LogP contribution in [0, 0.1) is 11.8 Å². The van der Waals surface area contributed by atoms with Gasteiger partial charge in [0.05, 0.1) is 0 Å². The Morgan fingerprint density at radius 2 is 1.75 bits per heavy atom. The second-order valence-electron chi connectivity index (χ2n) is 3.13. The van der Waals surface area contributed by atoms with E-state index in [9.17, 15) is 5.11 Å².